The van der Waals surface area contributed by atoms with Crippen LogP contribution in [0.5, 0.6) is 5.75 Å². The van der Waals surface area contributed by atoms with Gasteiger partial charge in [-0.2, -0.15) is 0 Å². The third-order valence-electron chi connectivity index (χ3n) is 4.20. The van der Waals surface area contributed by atoms with Gasteiger partial charge in [0, 0.05) is 5.56 Å². The molecular weight excluding hydrogens is 390 g/mol. The Morgan fingerprint density at radius 1 is 1.07 bits per heavy atom. The fourth-order valence-corrected chi connectivity index (χ4v) is 2.88. The number of rotatable bonds is 9. The van der Waals surface area contributed by atoms with Crippen molar-refractivity contribution in [1.29, 1.82) is 0 Å². The molecule has 0 spiro atoms. The van der Waals surface area contributed by atoms with E-state index < -0.39 is 63.0 Å². The Morgan fingerprint density at radius 3 is 2.17 bits per heavy atom. The molecular formula is C19H20F2N2O6. The Balaban J connectivity index is 2.57. The smallest absolute Gasteiger partial charge is 0.342 e. The quantitative estimate of drug-likeness (QED) is 0.465. The number of hydrogen-bond acceptors (Lipinski definition) is 5. The average molecular weight is 410 g/mol. The van der Waals surface area contributed by atoms with Gasteiger partial charge in [-0.1, -0.05) is 26.2 Å². The highest BCUT2D eigenvalue weighted by Gasteiger charge is 2.28. The van der Waals surface area contributed by atoms with Gasteiger partial charge in [0.2, 0.25) is 0 Å². The van der Waals surface area contributed by atoms with E-state index in [4.69, 9.17) is 10.5 Å². The van der Waals surface area contributed by atoms with Crippen molar-refractivity contribution in [2.45, 2.75) is 32.6 Å². The Bertz CT molecular complexity index is 980. The summed E-state index contributed by atoms with van der Waals surface area (Å²) in [7, 11) is 0. The predicted molar refractivity (Wildman–Crippen MR) is 100 cm³/mol. The van der Waals surface area contributed by atoms with Crippen LogP contribution in [0.15, 0.2) is 16.9 Å². The van der Waals surface area contributed by atoms with Crippen molar-refractivity contribution in [3.05, 3.63) is 45.2 Å². The molecule has 0 saturated carbocycles. The second-order valence-electron chi connectivity index (χ2n) is 6.28. The van der Waals surface area contributed by atoms with Crippen LogP contribution in [-0.4, -0.2) is 33.7 Å². The number of halogens is 2. The zero-order chi connectivity index (χ0) is 21.7. The molecule has 0 saturated heterocycles. The number of aromatic amines is 1. The number of ether oxygens (including phenoxy) is 1. The fraction of sp³-hybridized carbons (Fsp3) is 0.316. The van der Waals surface area contributed by atoms with Crippen LogP contribution in [0.2, 0.25) is 0 Å². The van der Waals surface area contributed by atoms with E-state index in [1.54, 1.807) is 0 Å². The summed E-state index contributed by atoms with van der Waals surface area (Å²) >= 11 is 0. The molecule has 0 radical (unpaired) electrons. The molecule has 0 unspecified atom stereocenters. The number of nitrogens with one attached hydrogen (secondary N) is 1. The summed E-state index contributed by atoms with van der Waals surface area (Å²) in [5.74, 6) is -7.09. The zero-order valence-corrected chi connectivity index (χ0v) is 15.6. The number of benzene rings is 1. The Labute approximate surface area is 163 Å². The minimum Gasteiger partial charge on any atom is -0.488 e. The molecule has 2 rings (SSSR count). The van der Waals surface area contributed by atoms with Crippen LogP contribution in [-0.2, 0) is 0 Å². The molecule has 0 aliphatic carbocycles. The number of H-pyrrole nitrogens is 1. The Morgan fingerprint density at radius 2 is 1.66 bits per heavy atom. The standard InChI is InChI=1S/C19H20F2N2O6/c1-2-3-4-5-6-29-15-10(20)7-9(8-11(15)21)12-13(18(25)26)16(22)23-17(24)14(12)19(27)28/h7-8H,2-6H2,1H3,(H,25,26)(H,27,28)(H3,22,23,24). The maximum Gasteiger partial charge on any atom is 0.342 e. The average Bonchev–Trinajstić information content (AvgIpc) is 2.61. The Hall–Kier alpha value is -3.43. The summed E-state index contributed by atoms with van der Waals surface area (Å²) < 4.78 is 34.1. The zero-order valence-electron chi connectivity index (χ0n) is 15.6. The fourth-order valence-electron chi connectivity index (χ4n) is 2.88. The van der Waals surface area contributed by atoms with Crippen LogP contribution < -0.4 is 16.0 Å². The van der Waals surface area contributed by atoms with Crippen LogP contribution in [0.4, 0.5) is 14.6 Å². The molecule has 0 atom stereocenters. The molecule has 0 amide bonds. The predicted octanol–water partition coefficient (Wildman–Crippen LogP) is 3.26. The number of aromatic carboxylic acids is 2. The number of unbranched alkanes of at least 4 members (excludes halogenated alkanes) is 3. The van der Waals surface area contributed by atoms with E-state index in [0.717, 1.165) is 19.3 Å². The van der Waals surface area contributed by atoms with Crippen LogP contribution in [0.25, 0.3) is 11.1 Å². The van der Waals surface area contributed by atoms with Gasteiger partial charge in [-0.05, 0) is 24.1 Å². The normalized spacial score (nSPS) is 10.7. The van der Waals surface area contributed by atoms with Crippen molar-refractivity contribution < 1.29 is 33.3 Å². The third-order valence-corrected chi connectivity index (χ3v) is 4.20. The lowest BCUT2D eigenvalue weighted by atomic mass is 9.95. The van der Waals surface area contributed by atoms with E-state index in [1.165, 1.54) is 0 Å². The van der Waals surface area contributed by atoms with Gasteiger partial charge in [-0.25, -0.2) is 18.4 Å². The van der Waals surface area contributed by atoms with Crippen molar-refractivity contribution in [3.8, 4) is 16.9 Å². The van der Waals surface area contributed by atoms with Crippen molar-refractivity contribution >= 4 is 17.8 Å². The van der Waals surface area contributed by atoms with Crippen molar-refractivity contribution in [2.75, 3.05) is 12.3 Å². The number of nitrogen functional groups attached to an aromatic ring is 1. The number of hydrogen-bond donors (Lipinski definition) is 4. The summed E-state index contributed by atoms with van der Waals surface area (Å²) in [6, 6.07) is 1.41. The maximum absolute atomic E-state index is 14.5. The first kappa shape index (κ1) is 21.9. The number of pyridine rings is 1. The summed E-state index contributed by atoms with van der Waals surface area (Å²) in [6.45, 7) is 2.09. The van der Waals surface area contributed by atoms with Crippen molar-refractivity contribution in [3.63, 3.8) is 0 Å². The largest absolute Gasteiger partial charge is 0.488 e. The summed E-state index contributed by atoms with van der Waals surface area (Å²) in [5.41, 5.74) is 1.36. The van der Waals surface area contributed by atoms with E-state index in [2.05, 4.69) is 0 Å². The number of carboxylic acids is 2. The topological polar surface area (TPSA) is 143 Å². The third kappa shape index (κ3) is 4.71. The van der Waals surface area contributed by atoms with E-state index in [0.29, 0.717) is 18.6 Å². The summed E-state index contributed by atoms with van der Waals surface area (Å²) in [6.07, 6.45) is 3.35. The lowest BCUT2D eigenvalue weighted by molar-refractivity contribution is 0.0695. The molecule has 0 aliphatic heterocycles. The van der Waals surface area contributed by atoms with Gasteiger partial charge in [0.25, 0.3) is 5.56 Å². The van der Waals surface area contributed by atoms with Crippen LogP contribution in [0.1, 0.15) is 53.3 Å². The van der Waals surface area contributed by atoms with E-state index in [1.807, 2.05) is 11.9 Å². The van der Waals surface area contributed by atoms with Gasteiger partial charge in [0.1, 0.15) is 16.9 Å². The molecule has 1 aromatic heterocycles. The van der Waals surface area contributed by atoms with Gasteiger partial charge in [0.15, 0.2) is 17.4 Å². The first-order chi connectivity index (χ1) is 13.7. The van der Waals surface area contributed by atoms with Crippen molar-refractivity contribution in [1.82, 2.24) is 4.98 Å². The maximum atomic E-state index is 14.5. The minimum absolute atomic E-state index is 0.0753. The lowest BCUT2D eigenvalue weighted by Crippen LogP contribution is -2.24. The van der Waals surface area contributed by atoms with Gasteiger partial charge < -0.3 is 25.7 Å². The molecule has 5 N–H and O–H groups in total. The molecule has 0 bridgehead atoms. The summed E-state index contributed by atoms with van der Waals surface area (Å²) in [4.78, 5) is 37.0. The first-order valence-corrected chi connectivity index (χ1v) is 8.83. The number of anilines is 1. The van der Waals surface area contributed by atoms with Gasteiger partial charge in [0.05, 0.1) is 6.61 Å². The number of aromatic nitrogens is 1. The monoisotopic (exact) mass is 410 g/mol. The minimum atomic E-state index is -1.78. The molecule has 1 aromatic carbocycles. The highest BCUT2D eigenvalue weighted by atomic mass is 19.1. The second kappa shape index (κ2) is 9.18. The second-order valence-corrected chi connectivity index (χ2v) is 6.28. The van der Waals surface area contributed by atoms with E-state index in [-0.39, 0.29) is 6.61 Å². The molecule has 10 heteroatoms. The number of nitrogens with two attached hydrogens (primary N) is 1. The van der Waals surface area contributed by atoms with Gasteiger partial charge in [-0.15, -0.1) is 0 Å². The highest BCUT2D eigenvalue weighted by molar-refractivity contribution is 6.07. The Kier molecular flexibility index (Phi) is 6.92. The molecule has 2 aromatic rings. The molecule has 8 nitrogen and oxygen atoms in total. The van der Waals surface area contributed by atoms with Crippen molar-refractivity contribution in [2.24, 2.45) is 0 Å². The van der Waals surface area contributed by atoms with Crippen LogP contribution >= 0.6 is 0 Å². The molecule has 156 valence electrons. The van der Waals surface area contributed by atoms with Crippen LogP contribution in [0, 0.1) is 11.6 Å². The lowest BCUT2D eigenvalue weighted by Gasteiger charge is -2.14. The molecule has 29 heavy (non-hydrogen) atoms. The molecule has 1 heterocycles. The number of carboxylic acid groups (broad SMARTS) is 2. The molecule has 0 fully saturated rings. The molecule has 0 aliphatic rings. The first-order valence-electron chi connectivity index (χ1n) is 8.83. The highest BCUT2D eigenvalue weighted by Crippen LogP contribution is 2.33. The van der Waals surface area contributed by atoms with Gasteiger partial charge >= 0.3 is 11.9 Å². The van der Waals surface area contributed by atoms with E-state index >= 15 is 0 Å². The summed E-state index contributed by atoms with van der Waals surface area (Å²) in [5, 5.41) is 18.7. The van der Waals surface area contributed by atoms with Gasteiger partial charge in [-0.3, -0.25) is 4.79 Å². The van der Waals surface area contributed by atoms with Crippen LogP contribution in [0.3, 0.4) is 0 Å². The number of carbonyl (C=O) groups is 2. The van der Waals surface area contributed by atoms with E-state index in [9.17, 15) is 33.4 Å². The SMILES string of the molecule is CCCCCCOc1c(F)cc(-c2c(C(=O)O)c(N)[nH]c(=O)c2C(=O)O)cc1F.